The second kappa shape index (κ2) is 7.77. The Bertz CT molecular complexity index is 1170. The van der Waals surface area contributed by atoms with E-state index in [0.717, 1.165) is 11.3 Å². The Morgan fingerprint density at radius 2 is 1.96 bits per heavy atom. The van der Waals surface area contributed by atoms with Gasteiger partial charge < -0.3 is 9.64 Å². The van der Waals surface area contributed by atoms with Gasteiger partial charge >= 0.3 is 5.97 Å². The molecule has 3 aromatic rings. The number of anilines is 1. The number of carbonyl (C=O) groups is 1. The number of fused-ring (bicyclic) bond motifs is 1. The van der Waals surface area contributed by atoms with Gasteiger partial charge in [-0.05, 0) is 55.0 Å². The zero-order valence-corrected chi connectivity index (χ0v) is 16.1. The van der Waals surface area contributed by atoms with Gasteiger partial charge in [-0.25, -0.2) is 9.79 Å². The van der Waals surface area contributed by atoms with E-state index in [1.54, 1.807) is 36.0 Å². The van der Waals surface area contributed by atoms with E-state index in [9.17, 15) is 9.59 Å². The lowest BCUT2D eigenvalue weighted by Crippen LogP contribution is -2.42. The van der Waals surface area contributed by atoms with Gasteiger partial charge in [0.2, 0.25) is 0 Å². The van der Waals surface area contributed by atoms with Gasteiger partial charge in [-0.2, -0.15) is 0 Å². The van der Waals surface area contributed by atoms with Gasteiger partial charge in [0.1, 0.15) is 13.3 Å². The first-order valence-electron chi connectivity index (χ1n) is 8.83. The highest BCUT2D eigenvalue weighted by molar-refractivity contribution is 7.07. The molecule has 0 atom stereocenters. The number of nitrogens with zero attached hydrogens (tertiary/aromatic N) is 4. The zero-order chi connectivity index (χ0) is 19.5. The largest absolute Gasteiger partial charge is 0.462 e. The number of pyridine rings is 1. The van der Waals surface area contributed by atoms with Crippen LogP contribution in [0.1, 0.15) is 22.8 Å². The number of benzene rings is 1. The molecule has 7 nitrogen and oxygen atoms in total. The minimum Gasteiger partial charge on any atom is -0.462 e. The van der Waals surface area contributed by atoms with E-state index in [1.807, 2.05) is 35.2 Å². The maximum absolute atomic E-state index is 12.8. The summed E-state index contributed by atoms with van der Waals surface area (Å²) in [5.41, 5.74) is 2.26. The second-order valence-corrected chi connectivity index (χ2v) is 7.16. The predicted octanol–water partition coefficient (Wildman–Crippen LogP) is 1.37. The molecule has 28 heavy (non-hydrogen) atoms. The molecule has 2 aromatic heterocycles. The SMILES string of the molecule is CCOC(=O)c1ccc(N2CN=c3s/c(=C\c4ccncc4)c(=O)n3C2)cc1. The van der Waals surface area contributed by atoms with Crippen molar-refractivity contribution in [3.63, 3.8) is 0 Å². The fraction of sp³-hybridized carbons (Fsp3) is 0.200. The first-order chi connectivity index (χ1) is 13.7. The van der Waals surface area contributed by atoms with Crippen molar-refractivity contribution in [2.75, 3.05) is 18.2 Å². The number of esters is 1. The van der Waals surface area contributed by atoms with E-state index in [0.29, 0.717) is 34.8 Å². The molecule has 1 aliphatic heterocycles. The van der Waals surface area contributed by atoms with Crippen molar-refractivity contribution in [1.82, 2.24) is 9.55 Å². The molecule has 0 amide bonds. The number of rotatable bonds is 4. The summed E-state index contributed by atoms with van der Waals surface area (Å²) < 4.78 is 7.31. The molecule has 0 bridgehead atoms. The van der Waals surface area contributed by atoms with Gasteiger partial charge in [0.15, 0.2) is 4.80 Å². The van der Waals surface area contributed by atoms with Gasteiger partial charge in [0.25, 0.3) is 5.56 Å². The van der Waals surface area contributed by atoms with E-state index in [-0.39, 0.29) is 11.5 Å². The number of ether oxygens (including phenoxy) is 1. The molecule has 0 saturated heterocycles. The van der Waals surface area contributed by atoms with Crippen LogP contribution in [0, 0.1) is 0 Å². The standard InChI is InChI=1S/C20H18N4O3S/c1-2-27-19(26)15-3-5-16(6-4-15)23-12-22-20-24(13-23)18(25)17(28-20)11-14-7-9-21-10-8-14/h3-11H,2,12-13H2,1H3/b17-11-. The van der Waals surface area contributed by atoms with E-state index >= 15 is 0 Å². The monoisotopic (exact) mass is 394 g/mol. The molecule has 0 fully saturated rings. The average Bonchev–Trinajstić information content (AvgIpc) is 3.04. The molecule has 0 N–H and O–H groups in total. The van der Waals surface area contributed by atoms with Crippen LogP contribution in [0.3, 0.4) is 0 Å². The molecule has 0 radical (unpaired) electrons. The van der Waals surface area contributed by atoms with Crippen LogP contribution in [0.15, 0.2) is 58.6 Å². The van der Waals surface area contributed by atoms with E-state index in [2.05, 4.69) is 9.98 Å². The van der Waals surface area contributed by atoms with Crippen molar-refractivity contribution in [3.8, 4) is 0 Å². The van der Waals surface area contributed by atoms with E-state index in [1.165, 1.54) is 11.3 Å². The van der Waals surface area contributed by atoms with Crippen LogP contribution in [-0.4, -0.2) is 28.8 Å². The summed E-state index contributed by atoms with van der Waals surface area (Å²) in [4.78, 5) is 35.8. The lowest BCUT2D eigenvalue weighted by atomic mass is 10.2. The molecule has 0 unspecified atom stereocenters. The molecule has 0 saturated carbocycles. The summed E-state index contributed by atoms with van der Waals surface area (Å²) in [5.74, 6) is -0.343. The van der Waals surface area contributed by atoms with Crippen LogP contribution < -0.4 is 19.8 Å². The Labute approximate surface area is 164 Å². The Balaban J connectivity index is 1.60. The minimum absolute atomic E-state index is 0.0617. The third-order valence-corrected chi connectivity index (χ3v) is 5.37. The summed E-state index contributed by atoms with van der Waals surface area (Å²) >= 11 is 1.39. The first kappa shape index (κ1) is 18.1. The molecule has 0 aliphatic carbocycles. The van der Waals surface area contributed by atoms with Crippen molar-refractivity contribution in [3.05, 3.63) is 79.6 Å². The Morgan fingerprint density at radius 3 is 2.68 bits per heavy atom. The summed E-state index contributed by atoms with van der Waals surface area (Å²) in [5, 5.41) is 0. The van der Waals surface area contributed by atoms with Gasteiger partial charge in [-0.3, -0.25) is 14.3 Å². The third kappa shape index (κ3) is 3.59. The van der Waals surface area contributed by atoms with Gasteiger partial charge in [-0.1, -0.05) is 11.3 Å². The predicted molar refractivity (Wildman–Crippen MR) is 107 cm³/mol. The molecular formula is C20H18N4O3S. The lowest BCUT2D eigenvalue weighted by Gasteiger charge is -2.25. The van der Waals surface area contributed by atoms with Crippen molar-refractivity contribution in [2.45, 2.75) is 13.6 Å². The maximum atomic E-state index is 12.8. The minimum atomic E-state index is -0.343. The number of carbonyl (C=O) groups excluding carboxylic acids is 1. The average molecular weight is 394 g/mol. The van der Waals surface area contributed by atoms with Crippen molar-refractivity contribution in [1.29, 1.82) is 0 Å². The number of aromatic nitrogens is 2. The molecule has 1 aliphatic rings. The first-order valence-corrected chi connectivity index (χ1v) is 9.65. The number of thiazole rings is 1. The fourth-order valence-electron chi connectivity index (χ4n) is 2.91. The van der Waals surface area contributed by atoms with E-state index < -0.39 is 0 Å². The Kier molecular flexibility index (Phi) is 5.03. The Hall–Kier alpha value is -3.26. The summed E-state index contributed by atoms with van der Waals surface area (Å²) in [7, 11) is 0. The third-order valence-electron chi connectivity index (χ3n) is 4.32. The summed E-state index contributed by atoms with van der Waals surface area (Å²) in [6.07, 6.45) is 5.25. The van der Waals surface area contributed by atoms with Gasteiger partial charge in [0.05, 0.1) is 16.7 Å². The molecular weight excluding hydrogens is 376 g/mol. The highest BCUT2D eigenvalue weighted by Gasteiger charge is 2.16. The number of hydrogen-bond donors (Lipinski definition) is 0. The van der Waals surface area contributed by atoms with Crippen molar-refractivity contribution < 1.29 is 9.53 Å². The molecule has 142 valence electrons. The fourth-order valence-corrected chi connectivity index (χ4v) is 3.87. The topological polar surface area (TPSA) is 76.8 Å². The van der Waals surface area contributed by atoms with Crippen LogP contribution in [0.2, 0.25) is 0 Å². The van der Waals surface area contributed by atoms with Gasteiger partial charge in [-0.15, -0.1) is 0 Å². The molecule has 4 rings (SSSR count). The molecule has 3 heterocycles. The van der Waals surface area contributed by atoms with Gasteiger partial charge in [0, 0.05) is 18.1 Å². The normalized spacial score (nSPS) is 13.8. The quantitative estimate of drug-likeness (QED) is 0.625. The highest BCUT2D eigenvalue weighted by Crippen LogP contribution is 2.17. The number of hydrogen-bond acceptors (Lipinski definition) is 7. The van der Waals surface area contributed by atoms with Crippen LogP contribution in [0.4, 0.5) is 5.69 Å². The molecule has 0 spiro atoms. The zero-order valence-electron chi connectivity index (χ0n) is 15.2. The molecule has 8 heteroatoms. The smallest absolute Gasteiger partial charge is 0.338 e. The highest BCUT2D eigenvalue weighted by atomic mass is 32.1. The van der Waals surface area contributed by atoms with Crippen molar-refractivity contribution >= 4 is 29.1 Å². The maximum Gasteiger partial charge on any atom is 0.338 e. The summed E-state index contributed by atoms with van der Waals surface area (Å²) in [6.45, 7) is 2.98. The van der Waals surface area contributed by atoms with Crippen LogP contribution in [0.25, 0.3) is 6.08 Å². The van der Waals surface area contributed by atoms with Crippen LogP contribution in [0.5, 0.6) is 0 Å². The molecule has 1 aromatic carbocycles. The van der Waals surface area contributed by atoms with Crippen LogP contribution in [-0.2, 0) is 11.4 Å². The van der Waals surface area contributed by atoms with Crippen LogP contribution >= 0.6 is 11.3 Å². The lowest BCUT2D eigenvalue weighted by molar-refractivity contribution is 0.0526. The Morgan fingerprint density at radius 1 is 1.21 bits per heavy atom. The second-order valence-electron chi connectivity index (χ2n) is 6.16. The summed E-state index contributed by atoms with van der Waals surface area (Å²) in [6, 6.07) is 10.8. The van der Waals surface area contributed by atoms with Crippen molar-refractivity contribution in [2.24, 2.45) is 4.99 Å². The van der Waals surface area contributed by atoms with E-state index in [4.69, 9.17) is 4.74 Å².